The summed E-state index contributed by atoms with van der Waals surface area (Å²) in [6.45, 7) is 0.461. The van der Waals surface area contributed by atoms with E-state index < -0.39 is 11.8 Å². The van der Waals surface area contributed by atoms with E-state index in [1.54, 1.807) is 25.2 Å². The number of carboxylic acids is 1. The molecule has 3 heterocycles. The Bertz CT molecular complexity index is 1410. The zero-order valence-electron chi connectivity index (χ0n) is 17.6. The second-order valence-electron chi connectivity index (χ2n) is 8.13. The zero-order valence-corrected chi connectivity index (χ0v) is 18.3. The van der Waals surface area contributed by atoms with Gasteiger partial charge in [-0.1, -0.05) is 11.6 Å². The summed E-state index contributed by atoms with van der Waals surface area (Å²) in [6.07, 6.45) is 3.12. The highest BCUT2D eigenvalue weighted by molar-refractivity contribution is 6.31. The molecular formula is C22H19ClN6O4. The summed E-state index contributed by atoms with van der Waals surface area (Å²) in [7, 11) is 1.68. The Morgan fingerprint density at radius 2 is 2.15 bits per heavy atom. The van der Waals surface area contributed by atoms with Crippen LogP contribution in [0, 0.1) is 17.2 Å². The molecule has 0 saturated heterocycles. The van der Waals surface area contributed by atoms with Crippen LogP contribution in [-0.2, 0) is 7.05 Å². The highest BCUT2D eigenvalue weighted by atomic mass is 35.5. The molecule has 33 heavy (non-hydrogen) atoms. The fourth-order valence-corrected chi connectivity index (χ4v) is 4.34. The molecule has 1 fully saturated rings. The number of pyridine rings is 1. The minimum atomic E-state index is -1.37. The lowest BCUT2D eigenvalue weighted by Crippen LogP contribution is -2.23. The Hall–Kier alpha value is -3.84. The summed E-state index contributed by atoms with van der Waals surface area (Å²) >= 11 is 6.00. The fourth-order valence-electron chi connectivity index (χ4n) is 4.13. The van der Waals surface area contributed by atoms with Crippen molar-refractivity contribution in [3.8, 4) is 11.8 Å². The van der Waals surface area contributed by atoms with Gasteiger partial charge >= 0.3 is 5.97 Å². The first-order valence-electron chi connectivity index (χ1n) is 10.4. The van der Waals surface area contributed by atoms with E-state index in [9.17, 15) is 20.0 Å². The second kappa shape index (κ2) is 7.94. The van der Waals surface area contributed by atoms with Gasteiger partial charge in [0, 0.05) is 30.6 Å². The van der Waals surface area contributed by atoms with E-state index in [1.165, 1.54) is 4.57 Å². The first-order valence-corrected chi connectivity index (χ1v) is 10.8. The lowest BCUT2D eigenvalue weighted by Gasteiger charge is -2.19. The van der Waals surface area contributed by atoms with Gasteiger partial charge in [-0.25, -0.2) is 14.8 Å². The van der Waals surface area contributed by atoms with Crippen LogP contribution in [0.25, 0.3) is 10.9 Å². The van der Waals surface area contributed by atoms with Gasteiger partial charge in [0.05, 0.1) is 17.8 Å². The topological polar surface area (TPSA) is 142 Å². The largest absolute Gasteiger partial charge is 0.486 e. The average molecular weight is 467 g/mol. The number of ether oxygens (including phenoxy) is 1. The number of nitrogens with zero attached hydrogens (tertiary/aromatic N) is 4. The van der Waals surface area contributed by atoms with Crippen molar-refractivity contribution >= 4 is 45.7 Å². The number of aryl methyl sites for hydroxylation is 1. The van der Waals surface area contributed by atoms with E-state index in [0.717, 1.165) is 24.6 Å². The Labute approximate surface area is 192 Å². The first kappa shape index (κ1) is 21.0. The third kappa shape index (κ3) is 3.70. The first-order chi connectivity index (χ1) is 15.9. The molecular weight excluding hydrogens is 448 g/mol. The number of halogens is 1. The Morgan fingerprint density at radius 1 is 1.36 bits per heavy atom. The SMILES string of the molecule is Cn1c(=O)c2c(c3cc(Nc4nc(C(=O)O)nc(Cl)c4C#N)ccc31)N[C@@H](C1CC1)CCO2. The molecule has 0 bridgehead atoms. The van der Waals surface area contributed by atoms with E-state index in [2.05, 4.69) is 20.6 Å². The lowest BCUT2D eigenvalue weighted by molar-refractivity contribution is 0.0683. The van der Waals surface area contributed by atoms with Crippen LogP contribution in [0.2, 0.25) is 5.15 Å². The summed E-state index contributed by atoms with van der Waals surface area (Å²) in [4.78, 5) is 31.8. The Morgan fingerprint density at radius 3 is 2.85 bits per heavy atom. The number of rotatable bonds is 4. The third-order valence-electron chi connectivity index (χ3n) is 5.98. The van der Waals surface area contributed by atoms with Crippen LogP contribution < -0.4 is 20.9 Å². The quantitative estimate of drug-likeness (QED) is 0.493. The van der Waals surface area contributed by atoms with Gasteiger partial charge < -0.3 is 25.0 Å². The normalized spacial score (nSPS) is 17.3. The molecule has 1 aliphatic carbocycles. The maximum Gasteiger partial charge on any atom is 0.374 e. The monoisotopic (exact) mass is 466 g/mol. The van der Waals surface area contributed by atoms with E-state index in [0.29, 0.717) is 29.4 Å². The minimum absolute atomic E-state index is 0.0229. The van der Waals surface area contributed by atoms with Gasteiger partial charge in [-0.3, -0.25) is 4.79 Å². The number of anilines is 3. The summed E-state index contributed by atoms with van der Waals surface area (Å²) in [5, 5.41) is 25.7. The van der Waals surface area contributed by atoms with Crippen molar-refractivity contribution in [3.05, 3.63) is 45.1 Å². The molecule has 3 aromatic rings. The average Bonchev–Trinajstić information content (AvgIpc) is 3.63. The molecule has 1 saturated carbocycles. The van der Waals surface area contributed by atoms with Gasteiger partial charge in [0.2, 0.25) is 11.6 Å². The van der Waals surface area contributed by atoms with Crippen LogP contribution in [0.4, 0.5) is 17.2 Å². The van der Waals surface area contributed by atoms with Crippen molar-refractivity contribution in [2.45, 2.75) is 25.3 Å². The van der Waals surface area contributed by atoms with E-state index >= 15 is 0 Å². The molecule has 2 aromatic heterocycles. The zero-order chi connectivity index (χ0) is 23.3. The molecule has 0 amide bonds. The number of nitriles is 1. The summed E-state index contributed by atoms with van der Waals surface area (Å²) in [5.74, 6) is -1.07. The van der Waals surface area contributed by atoms with Crippen molar-refractivity contribution in [3.63, 3.8) is 0 Å². The van der Waals surface area contributed by atoms with Crippen molar-refractivity contribution in [2.24, 2.45) is 13.0 Å². The summed E-state index contributed by atoms with van der Waals surface area (Å²) in [5.41, 5.74) is 1.57. The van der Waals surface area contributed by atoms with Gasteiger partial charge in [0.15, 0.2) is 11.0 Å². The molecule has 11 heteroatoms. The highest BCUT2D eigenvalue weighted by Gasteiger charge is 2.34. The molecule has 3 N–H and O–H groups in total. The summed E-state index contributed by atoms with van der Waals surface area (Å²) in [6, 6.07) is 7.40. The third-order valence-corrected chi connectivity index (χ3v) is 6.25. The van der Waals surface area contributed by atoms with Gasteiger partial charge in [0.1, 0.15) is 11.6 Å². The van der Waals surface area contributed by atoms with Crippen LogP contribution in [0.3, 0.4) is 0 Å². The number of fused-ring (bicyclic) bond motifs is 3. The molecule has 5 rings (SSSR count). The number of aromatic carboxylic acids is 1. The number of carboxylic acid groups (broad SMARTS) is 1. The Kier molecular flexibility index (Phi) is 5.06. The maximum atomic E-state index is 12.9. The molecule has 0 radical (unpaired) electrons. The number of benzene rings is 1. The van der Waals surface area contributed by atoms with Gasteiger partial charge in [0.25, 0.3) is 5.56 Å². The van der Waals surface area contributed by atoms with Crippen LogP contribution >= 0.6 is 11.6 Å². The van der Waals surface area contributed by atoms with Crippen molar-refractivity contribution < 1.29 is 14.6 Å². The van der Waals surface area contributed by atoms with Crippen LogP contribution in [0.5, 0.6) is 5.75 Å². The van der Waals surface area contributed by atoms with E-state index in [-0.39, 0.29) is 33.9 Å². The van der Waals surface area contributed by atoms with Crippen molar-refractivity contribution in [2.75, 3.05) is 17.2 Å². The smallest absolute Gasteiger partial charge is 0.374 e. The minimum Gasteiger partial charge on any atom is -0.486 e. The van der Waals surface area contributed by atoms with Gasteiger partial charge in [-0.2, -0.15) is 5.26 Å². The number of hydrogen-bond acceptors (Lipinski definition) is 8. The molecule has 1 aliphatic heterocycles. The lowest BCUT2D eigenvalue weighted by atomic mass is 10.1. The second-order valence-corrected chi connectivity index (χ2v) is 8.49. The van der Waals surface area contributed by atoms with Gasteiger partial charge in [-0.15, -0.1) is 0 Å². The van der Waals surface area contributed by atoms with Crippen LogP contribution in [0.15, 0.2) is 23.0 Å². The van der Waals surface area contributed by atoms with Crippen molar-refractivity contribution in [1.29, 1.82) is 5.26 Å². The number of aromatic nitrogens is 3. The fraction of sp³-hybridized carbons (Fsp3) is 0.318. The highest BCUT2D eigenvalue weighted by Crippen LogP contribution is 2.41. The number of hydrogen-bond donors (Lipinski definition) is 3. The molecule has 1 atom stereocenters. The van der Waals surface area contributed by atoms with Crippen molar-refractivity contribution in [1.82, 2.24) is 14.5 Å². The summed E-state index contributed by atoms with van der Waals surface area (Å²) < 4.78 is 7.40. The number of nitrogens with one attached hydrogen (secondary N) is 2. The van der Waals surface area contributed by atoms with Crippen LogP contribution in [-0.4, -0.2) is 38.3 Å². The molecule has 2 aliphatic rings. The van der Waals surface area contributed by atoms with Gasteiger partial charge in [-0.05, 0) is 37.0 Å². The molecule has 0 unspecified atom stereocenters. The number of carbonyl (C=O) groups is 1. The molecule has 10 nitrogen and oxygen atoms in total. The molecule has 0 spiro atoms. The predicted molar refractivity (Wildman–Crippen MR) is 121 cm³/mol. The predicted octanol–water partition coefficient (Wildman–Crippen LogP) is 3.27. The van der Waals surface area contributed by atoms with Crippen LogP contribution in [0.1, 0.15) is 35.4 Å². The van der Waals surface area contributed by atoms with E-state index in [4.69, 9.17) is 16.3 Å². The Balaban J connectivity index is 1.64. The standard InChI is InChI=1S/C22H19ClN6O4/c1-29-15-5-4-11(25-19-13(9-24)18(23)27-20(28-19)22(31)32)8-12(15)16-17(21(29)30)33-7-6-14(26-16)10-2-3-10/h4-5,8,10,14,26H,2-3,6-7H2,1H3,(H,31,32)(H,25,27,28)/t14-/m1/s1. The molecule has 1 aromatic carbocycles. The maximum absolute atomic E-state index is 12.9. The van der Waals surface area contributed by atoms with E-state index in [1.807, 2.05) is 6.07 Å². The molecule has 168 valence electrons.